The lowest BCUT2D eigenvalue weighted by Crippen LogP contribution is -2.51. The molecule has 2 aliphatic heterocycles. The smallest absolute Gasteiger partial charge is 0.238 e. The molecule has 7 heteroatoms. The van der Waals surface area contributed by atoms with E-state index in [0.717, 1.165) is 61.4 Å². The van der Waals surface area contributed by atoms with E-state index in [4.69, 9.17) is 0 Å². The molecular weight excluding hydrogens is 455 g/mol. The molecule has 27 heavy (non-hydrogen) atoms. The van der Waals surface area contributed by atoms with Crippen LogP contribution in [0, 0.1) is 3.57 Å². The van der Waals surface area contributed by atoms with Crippen LogP contribution in [0.25, 0.3) is 0 Å². The van der Waals surface area contributed by atoms with Gasteiger partial charge in [-0.3, -0.25) is 19.4 Å². The Morgan fingerprint density at radius 1 is 0.852 bits per heavy atom. The third-order valence-corrected chi connectivity index (χ3v) is 6.24. The van der Waals surface area contributed by atoms with Crippen molar-refractivity contribution in [1.29, 1.82) is 0 Å². The monoisotopic (exact) mass is 484 g/mol. The number of para-hydroxylation sites is 1. The molecule has 0 aromatic heterocycles. The molecule has 0 aliphatic carbocycles. The van der Waals surface area contributed by atoms with Gasteiger partial charge in [-0.2, -0.15) is 0 Å². The maximum atomic E-state index is 12.5. The average molecular weight is 484 g/mol. The lowest BCUT2D eigenvalue weighted by molar-refractivity contribution is -0.133. The summed E-state index contributed by atoms with van der Waals surface area (Å²) in [7, 11) is 0. The van der Waals surface area contributed by atoms with Crippen LogP contribution < -0.4 is 5.32 Å². The van der Waals surface area contributed by atoms with Crippen molar-refractivity contribution in [3.63, 3.8) is 0 Å². The molecule has 0 radical (unpaired) electrons. The standard InChI is InChI=1S/C20H29IN4O2/c21-17-7-3-4-8-18(17)22-19(26)15-23-11-13-24(14-12-23)16-20(27)25-9-5-1-2-6-10-25/h3-4,7-8H,1-2,5-6,9-16H2,(H,22,26). The Kier molecular flexibility index (Phi) is 7.90. The van der Waals surface area contributed by atoms with Crippen LogP contribution >= 0.6 is 22.6 Å². The number of amides is 2. The van der Waals surface area contributed by atoms with E-state index in [-0.39, 0.29) is 11.8 Å². The molecule has 0 spiro atoms. The summed E-state index contributed by atoms with van der Waals surface area (Å²) in [6.45, 7) is 6.08. The van der Waals surface area contributed by atoms with E-state index in [2.05, 4.69) is 37.7 Å². The number of hydrogen-bond acceptors (Lipinski definition) is 4. The van der Waals surface area contributed by atoms with Gasteiger partial charge in [0.15, 0.2) is 0 Å². The number of nitrogens with one attached hydrogen (secondary N) is 1. The van der Waals surface area contributed by atoms with E-state index >= 15 is 0 Å². The molecule has 148 valence electrons. The molecule has 0 atom stereocenters. The van der Waals surface area contributed by atoms with Crippen LogP contribution in [0.15, 0.2) is 24.3 Å². The van der Waals surface area contributed by atoms with E-state index in [1.165, 1.54) is 12.8 Å². The van der Waals surface area contributed by atoms with E-state index in [1.54, 1.807) is 0 Å². The van der Waals surface area contributed by atoms with Crippen LogP contribution in [-0.4, -0.2) is 78.9 Å². The molecule has 1 aromatic carbocycles. The Labute approximate surface area is 175 Å². The first-order chi connectivity index (χ1) is 13.1. The summed E-state index contributed by atoms with van der Waals surface area (Å²) in [6.07, 6.45) is 4.75. The van der Waals surface area contributed by atoms with Crippen LogP contribution in [0.3, 0.4) is 0 Å². The molecule has 2 saturated heterocycles. The van der Waals surface area contributed by atoms with Crippen molar-refractivity contribution in [1.82, 2.24) is 14.7 Å². The zero-order chi connectivity index (χ0) is 19.1. The molecular formula is C20H29IN4O2. The van der Waals surface area contributed by atoms with Gasteiger partial charge in [0.25, 0.3) is 0 Å². The van der Waals surface area contributed by atoms with Crippen LogP contribution in [0.5, 0.6) is 0 Å². The summed E-state index contributed by atoms with van der Waals surface area (Å²) in [6, 6.07) is 7.80. The summed E-state index contributed by atoms with van der Waals surface area (Å²) >= 11 is 2.23. The quantitative estimate of drug-likeness (QED) is 0.652. The van der Waals surface area contributed by atoms with Crippen LogP contribution in [-0.2, 0) is 9.59 Å². The number of carbonyl (C=O) groups excluding carboxylic acids is 2. The minimum atomic E-state index is 0.0215. The predicted molar refractivity (Wildman–Crippen MR) is 116 cm³/mol. The zero-order valence-corrected chi connectivity index (χ0v) is 18.0. The first-order valence-electron chi connectivity index (χ1n) is 9.89. The van der Waals surface area contributed by atoms with E-state index < -0.39 is 0 Å². The molecule has 6 nitrogen and oxygen atoms in total. The van der Waals surface area contributed by atoms with Gasteiger partial charge in [0.2, 0.25) is 11.8 Å². The van der Waals surface area contributed by atoms with Gasteiger partial charge < -0.3 is 10.2 Å². The van der Waals surface area contributed by atoms with E-state index in [9.17, 15) is 9.59 Å². The largest absolute Gasteiger partial charge is 0.342 e. The number of benzene rings is 1. The fourth-order valence-corrected chi connectivity index (χ4v) is 4.19. The lowest BCUT2D eigenvalue weighted by atomic mass is 10.2. The number of hydrogen-bond donors (Lipinski definition) is 1. The highest BCUT2D eigenvalue weighted by atomic mass is 127. The van der Waals surface area contributed by atoms with Gasteiger partial charge in [-0.15, -0.1) is 0 Å². The van der Waals surface area contributed by atoms with Crippen molar-refractivity contribution >= 4 is 40.1 Å². The Hall–Kier alpha value is -1.19. The van der Waals surface area contributed by atoms with Gasteiger partial charge in [-0.05, 0) is 47.6 Å². The molecule has 2 heterocycles. The molecule has 2 fully saturated rings. The van der Waals surface area contributed by atoms with Gasteiger partial charge in [0.05, 0.1) is 18.8 Å². The van der Waals surface area contributed by atoms with Gasteiger partial charge >= 0.3 is 0 Å². The van der Waals surface area contributed by atoms with Crippen molar-refractivity contribution in [3.05, 3.63) is 27.8 Å². The van der Waals surface area contributed by atoms with E-state index in [1.807, 2.05) is 29.2 Å². The molecule has 0 bridgehead atoms. The van der Waals surface area contributed by atoms with Crippen molar-refractivity contribution < 1.29 is 9.59 Å². The van der Waals surface area contributed by atoms with Crippen molar-refractivity contribution in [2.75, 3.05) is 57.7 Å². The van der Waals surface area contributed by atoms with Gasteiger partial charge in [-0.1, -0.05) is 25.0 Å². The van der Waals surface area contributed by atoms with Crippen molar-refractivity contribution in [2.45, 2.75) is 25.7 Å². The Bertz CT molecular complexity index is 639. The highest BCUT2D eigenvalue weighted by Gasteiger charge is 2.23. The Morgan fingerprint density at radius 2 is 1.44 bits per heavy atom. The molecule has 2 aliphatic rings. The molecule has 0 unspecified atom stereocenters. The van der Waals surface area contributed by atoms with Gasteiger partial charge in [-0.25, -0.2) is 0 Å². The lowest BCUT2D eigenvalue weighted by Gasteiger charge is -2.35. The maximum Gasteiger partial charge on any atom is 0.238 e. The van der Waals surface area contributed by atoms with Crippen LogP contribution in [0.1, 0.15) is 25.7 Å². The molecule has 1 N–H and O–H groups in total. The van der Waals surface area contributed by atoms with Crippen LogP contribution in [0.4, 0.5) is 5.69 Å². The van der Waals surface area contributed by atoms with Crippen molar-refractivity contribution in [3.8, 4) is 0 Å². The van der Waals surface area contributed by atoms with Gasteiger partial charge in [0, 0.05) is 42.8 Å². The zero-order valence-electron chi connectivity index (χ0n) is 15.8. The van der Waals surface area contributed by atoms with Crippen molar-refractivity contribution in [2.24, 2.45) is 0 Å². The third kappa shape index (κ3) is 6.43. The normalized spacial score (nSPS) is 19.5. The predicted octanol–water partition coefficient (Wildman–Crippen LogP) is 2.25. The maximum absolute atomic E-state index is 12.5. The summed E-state index contributed by atoms with van der Waals surface area (Å²) in [5.41, 5.74) is 0.866. The summed E-state index contributed by atoms with van der Waals surface area (Å²) in [4.78, 5) is 31.2. The molecule has 3 rings (SSSR count). The summed E-state index contributed by atoms with van der Waals surface area (Å²) < 4.78 is 1.04. The molecule has 2 amide bonds. The van der Waals surface area contributed by atoms with Crippen LogP contribution in [0.2, 0.25) is 0 Å². The minimum absolute atomic E-state index is 0.0215. The number of carbonyl (C=O) groups is 2. The second-order valence-electron chi connectivity index (χ2n) is 7.38. The second kappa shape index (κ2) is 10.4. The van der Waals surface area contributed by atoms with E-state index in [0.29, 0.717) is 13.1 Å². The number of anilines is 1. The van der Waals surface area contributed by atoms with Gasteiger partial charge in [0.1, 0.15) is 0 Å². The average Bonchev–Trinajstić information content (AvgIpc) is 2.95. The number of likely N-dealkylation sites (tertiary alicyclic amines) is 1. The fourth-order valence-electron chi connectivity index (χ4n) is 3.67. The Morgan fingerprint density at radius 3 is 2.07 bits per heavy atom. The second-order valence-corrected chi connectivity index (χ2v) is 8.54. The highest BCUT2D eigenvalue weighted by Crippen LogP contribution is 2.17. The third-order valence-electron chi connectivity index (χ3n) is 5.30. The SMILES string of the molecule is O=C(CN1CCN(CC(=O)N2CCCCCC2)CC1)Nc1ccccc1I. The minimum Gasteiger partial charge on any atom is -0.342 e. The number of piperazine rings is 1. The highest BCUT2D eigenvalue weighted by molar-refractivity contribution is 14.1. The first-order valence-corrected chi connectivity index (χ1v) is 11.0. The first kappa shape index (κ1) is 20.5. The fraction of sp³-hybridized carbons (Fsp3) is 0.600. The Balaban J connectivity index is 1.39. The summed E-state index contributed by atoms with van der Waals surface area (Å²) in [5, 5.41) is 2.99. The number of rotatable bonds is 5. The number of nitrogens with zero attached hydrogens (tertiary/aromatic N) is 3. The number of halogens is 1. The molecule has 1 aromatic rings. The summed E-state index contributed by atoms with van der Waals surface area (Å²) in [5.74, 6) is 0.287. The topological polar surface area (TPSA) is 55.9 Å². The molecule has 0 saturated carbocycles.